The summed E-state index contributed by atoms with van der Waals surface area (Å²) >= 11 is 3.10. The van der Waals surface area contributed by atoms with E-state index < -0.39 is 4.92 Å². The molecule has 0 bridgehead atoms. The molecule has 8 heteroatoms. The number of nitrogens with one attached hydrogen (secondary N) is 1. The number of halogens is 1. The van der Waals surface area contributed by atoms with Crippen LogP contribution in [0.3, 0.4) is 0 Å². The van der Waals surface area contributed by atoms with Gasteiger partial charge in [0.1, 0.15) is 11.0 Å². The molecule has 0 fully saturated rings. The van der Waals surface area contributed by atoms with Gasteiger partial charge >= 0.3 is 5.82 Å². The van der Waals surface area contributed by atoms with Crippen LogP contribution in [-0.2, 0) is 11.3 Å². The molecule has 1 unspecified atom stereocenters. The molecular formula is C10H15BrN4O3. The van der Waals surface area contributed by atoms with Gasteiger partial charge in [-0.15, -0.1) is 0 Å². The van der Waals surface area contributed by atoms with Crippen LogP contribution in [0.2, 0.25) is 0 Å². The highest BCUT2D eigenvalue weighted by atomic mass is 79.9. The number of amides is 1. The molecular weight excluding hydrogens is 304 g/mol. The van der Waals surface area contributed by atoms with Crippen molar-refractivity contribution >= 4 is 27.7 Å². The highest BCUT2D eigenvalue weighted by Crippen LogP contribution is 2.26. The van der Waals surface area contributed by atoms with Crippen LogP contribution in [0.15, 0.2) is 4.47 Å². The smallest absolute Gasteiger partial charge is 0.358 e. The number of rotatable bonds is 5. The number of carbonyl (C=O) groups excluding carboxylic acids is 1. The fraction of sp³-hybridized carbons (Fsp3) is 0.600. The average molecular weight is 319 g/mol. The summed E-state index contributed by atoms with van der Waals surface area (Å²) in [7, 11) is 0. The minimum Gasteiger partial charge on any atom is -0.358 e. The topological polar surface area (TPSA) is 90.1 Å². The molecule has 1 heterocycles. The van der Waals surface area contributed by atoms with E-state index in [9.17, 15) is 14.9 Å². The summed E-state index contributed by atoms with van der Waals surface area (Å²) in [6.07, 6.45) is 0.827. The Labute approximate surface area is 113 Å². The van der Waals surface area contributed by atoms with Crippen molar-refractivity contribution in [2.45, 2.75) is 39.8 Å². The Balaban J connectivity index is 2.82. The largest absolute Gasteiger partial charge is 0.404 e. The fourth-order valence-corrected chi connectivity index (χ4v) is 1.77. The lowest BCUT2D eigenvalue weighted by Gasteiger charge is -2.10. The molecule has 0 radical (unpaired) electrons. The van der Waals surface area contributed by atoms with Crippen molar-refractivity contribution < 1.29 is 9.72 Å². The lowest BCUT2D eigenvalue weighted by molar-refractivity contribution is -0.390. The van der Waals surface area contributed by atoms with Crippen LogP contribution in [0.1, 0.15) is 26.0 Å². The molecule has 0 aliphatic carbocycles. The quantitative estimate of drug-likeness (QED) is 0.661. The van der Waals surface area contributed by atoms with Crippen molar-refractivity contribution in [1.29, 1.82) is 0 Å². The molecule has 1 rings (SSSR count). The lowest BCUT2D eigenvalue weighted by atomic mass is 10.2. The Morgan fingerprint density at radius 3 is 2.72 bits per heavy atom. The standard InChI is InChI=1S/C10H15BrN4O3/c1-4-6(2)12-8(16)5-14-7(3)9(11)10(13-14)15(17)18/h6H,4-5H2,1-3H3,(H,12,16). The van der Waals surface area contributed by atoms with Gasteiger partial charge in [-0.2, -0.15) is 4.68 Å². The van der Waals surface area contributed by atoms with Gasteiger partial charge in [0.2, 0.25) is 5.91 Å². The fourth-order valence-electron chi connectivity index (χ4n) is 1.34. The first-order valence-electron chi connectivity index (χ1n) is 5.53. The van der Waals surface area contributed by atoms with Gasteiger partial charge in [0.05, 0.1) is 10.8 Å². The third-order valence-corrected chi connectivity index (χ3v) is 3.53. The van der Waals surface area contributed by atoms with Crippen LogP contribution in [0.5, 0.6) is 0 Å². The van der Waals surface area contributed by atoms with Crippen molar-refractivity contribution in [1.82, 2.24) is 15.1 Å². The van der Waals surface area contributed by atoms with Crippen LogP contribution in [0.4, 0.5) is 5.82 Å². The second kappa shape index (κ2) is 5.94. The maximum atomic E-state index is 11.7. The highest BCUT2D eigenvalue weighted by Gasteiger charge is 2.24. The van der Waals surface area contributed by atoms with Gasteiger partial charge in [-0.1, -0.05) is 6.92 Å². The first kappa shape index (κ1) is 14.6. The van der Waals surface area contributed by atoms with E-state index in [0.717, 1.165) is 6.42 Å². The van der Waals surface area contributed by atoms with Gasteiger partial charge in [-0.05, 0) is 41.1 Å². The van der Waals surface area contributed by atoms with Crippen LogP contribution in [0.25, 0.3) is 0 Å². The van der Waals surface area contributed by atoms with Crippen molar-refractivity contribution in [2.75, 3.05) is 0 Å². The second-order valence-corrected chi connectivity index (χ2v) is 4.81. The zero-order valence-corrected chi connectivity index (χ0v) is 12.0. The van der Waals surface area contributed by atoms with E-state index in [0.29, 0.717) is 10.2 Å². The SMILES string of the molecule is CCC(C)NC(=O)Cn1nc([N+](=O)[O-])c(Br)c1C. The zero-order chi connectivity index (χ0) is 13.9. The maximum absolute atomic E-state index is 11.7. The monoisotopic (exact) mass is 318 g/mol. The Morgan fingerprint density at radius 1 is 1.67 bits per heavy atom. The first-order chi connectivity index (χ1) is 8.36. The van der Waals surface area contributed by atoms with E-state index in [-0.39, 0.29) is 24.3 Å². The number of hydrogen-bond acceptors (Lipinski definition) is 4. The normalized spacial score (nSPS) is 12.2. The predicted octanol–water partition coefficient (Wildman–Crippen LogP) is 1.78. The summed E-state index contributed by atoms with van der Waals surface area (Å²) in [6, 6.07) is 0.0757. The molecule has 0 aromatic carbocycles. The molecule has 18 heavy (non-hydrogen) atoms. The minimum atomic E-state index is -0.583. The van der Waals surface area contributed by atoms with Crippen molar-refractivity contribution in [3.05, 3.63) is 20.3 Å². The van der Waals surface area contributed by atoms with Gasteiger partial charge < -0.3 is 15.4 Å². The molecule has 0 aliphatic rings. The Kier molecular flexibility index (Phi) is 4.83. The Morgan fingerprint density at radius 2 is 2.28 bits per heavy atom. The number of nitrogens with zero attached hydrogens (tertiary/aromatic N) is 3. The molecule has 0 spiro atoms. The van der Waals surface area contributed by atoms with Gasteiger partial charge in [0, 0.05) is 6.04 Å². The van der Waals surface area contributed by atoms with E-state index in [1.807, 2.05) is 13.8 Å². The van der Waals surface area contributed by atoms with E-state index in [1.165, 1.54) is 4.68 Å². The minimum absolute atomic E-state index is 0.0252. The summed E-state index contributed by atoms with van der Waals surface area (Å²) in [5, 5.41) is 17.3. The molecule has 1 amide bonds. The number of nitro groups is 1. The average Bonchev–Trinajstić information content (AvgIpc) is 2.57. The van der Waals surface area contributed by atoms with Crippen LogP contribution >= 0.6 is 15.9 Å². The molecule has 1 aromatic heterocycles. The number of hydrogen-bond donors (Lipinski definition) is 1. The first-order valence-corrected chi connectivity index (χ1v) is 6.32. The third kappa shape index (κ3) is 3.28. The summed E-state index contributed by atoms with van der Waals surface area (Å²) in [5.74, 6) is -0.485. The van der Waals surface area contributed by atoms with E-state index >= 15 is 0 Å². The maximum Gasteiger partial charge on any atom is 0.404 e. The van der Waals surface area contributed by atoms with Gasteiger partial charge in [0.25, 0.3) is 0 Å². The zero-order valence-electron chi connectivity index (χ0n) is 10.4. The van der Waals surface area contributed by atoms with E-state index in [1.54, 1.807) is 6.92 Å². The molecule has 1 N–H and O–H groups in total. The number of carbonyl (C=O) groups is 1. The van der Waals surface area contributed by atoms with Gasteiger partial charge in [-0.25, -0.2) is 0 Å². The molecule has 1 aromatic rings. The molecule has 7 nitrogen and oxygen atoms in total. The second-order valence-electron chi connectivity index (χ2n) is 4.01. The Hall–Kier alpha value is -1.44. The van der Waals surface area contributed by atoms with Crippen LogP contribution in [-0.4, -0.2) is 26.7 Å². The lowest BCUT2D eigenvalue weighted by Crippen LogP contribution is -2.35. The van der Waals surface area contributed by atoms with E-state index in [2.05, 4.69) is 26.3 Å². The molecule has 100 valence electrons. The van der Waals surface area contributed by atoms with Crippen molar-refractivity contribution in [3.8, 4) is 0 Å². The summed E-state index contributed by atoms with van der Waals surface area (Å²) in [4.78, 5) is 21.8. The Bertz CT molecular complexity index is 472. The molecule has 0 saturated carbocycles. The van der Waals surface area contributed by atoms with E-state index in [4.69, 9.17) is 0 Å². The third-order valence-electron chi connectivity index (χ3n) is 2.60. The van der Waals surface area contributed by atoms with Crippen molar-refractivity contribution in [3.63, 3.8) is 0 Å². The van der Waals surface area contributed by atoms with Crippen LogP contribution in [0, 0.1) is 17.0 Å². The molecule has 1 atom stereocenters. The molecule has 0 aliphatic heterocycles. The summed E-state index contributed by atoms with van der Waals surface area (Å²) < 4.78 is 1.63. The van der Waals surface area contributed by atoms with Crippen LogP contribution < -0.4 is 5.32 Å². The highest BCUT2D eigenvalue weighted by molar-refractivity contribution is 9.10. The summed E-state index contributed by atoms with van der Waals surface area (Å²) in [6.45, 7) is 5.50. The summed E-state index contributed by atoms with van der Waals surface area (Å²) in [5.41, 5.74) is 0.556. The molecule has 0 saturated heterocycles. The van der Waals surface area contributed by atoms with Gasteiger partial charge in [-0.3, -0.25) is 4.79 Å². The van der Waals surface area contributed by atoms with Crippen molar-refractivity contribution in [2.24, 2.45) is 0 Å². The number of aromatic nitrogens is 2. The predicted molar refractivity (Wildman–Crippen MR) is 69.2 cm³/mol. The van der Waals surface area contributed by atoms with Gasteiger partial charge in [0.15, 0.2) is 0 Å².